The van der Waals surface area contributed by atoms with Gasteiger partial charge in [-0.3, -0.25) is 4.84 Å². The topological polar surface area (TPSA) is 53.7 Å². The molecule has 0 unspecified atom stereocenters. The number of rotatable bonds is 4. The highest BCUT2D eigenvalue weighted by atomic mass is 35.5. The molecule has 0 amide bonds. The molecule has 0 aromatic heterocycles. The average molecular weight is 374 g/mol. The van der Waals surface area contributed by atoms with Crippen LogP contribution in [0.5, 0.6) is 11.5 Å². The summed E-state index contributed by atoms with van der Waals surface area (Å²) in [6.07, 6.45) is 0. The van der Waals surface area contributed by atoms with Crippen molar-refractivity contribution in [2.45, 2.75) is 12.4 Å². The van der Waals surface area contributed by atoms with E-state index in [1.54, 1.807) is 12.1 Å². The average Bonchev–Trinajstić information content (AvgIpc) is 3.08. The van der Waals surface area contributed by atoms with Crippen molar-refractivity contribution in [1.82, 2.24) is 0 Å². The molecule has 6 heteroatoms. The molecule has 0 bridgehead atoms. The molecule has 26 heavy (non-hydrogen) atoms. The molecule has 2 N–H and O–H groups in total. The van der Waals surface area contributed by atoms with Gasteiger partial charge in [-0.1, -0.05) is 60.7 Å². The highest BCUT2D eigenvalue weighted by Crippen LogP contribution is 2.49. The number of benzene rings is 3. The van der Waals surface area contributed by atoms with Crippen molar-refractivity contribution in [2.24, 2.45) is 5.90 Å². The van der Waals surface area contributed by atoms with Crippen molar-refractivity contribution in [1.29, 1.82) is 0 Å². The van der Waals surface area contributed by atoms with E-state index in [4.69, 9.17) is 15.4 Å². The van der Waals surface area contributed by atoms with E-state index in [0.29, 0.717) is 11.3 Å². The lowest BCUT2D eigenvalue weighted by Gasteiger charge is -2.28. The lowest BCUT2D eigenvalue weighted by Crippen LogP contribution is -2.36. The summed E-state index contributed by atoms with van der Waals surface area (Å²) in [5.74, 6) is 3.69. The van der Waals surface area contributed by atoms with Crippen LogP contribution in [-0.4, -0.2) is 0 Å². The third-order valence-corrected chi connectivity index (χ3v) is 4.19. The first-order chi connectivity index (χ1) is 12.2. The van der Waals surface area contributed by atoms with E-state index in [1.165, 1.54) is 0 Å². The fraction of sp³-hybridized carbons (Fsp3) is 0.100. The monoisotopic (exact) mass is 373 g/mol. The van der Waals surface area contributed by atoms with Crippen molar-refractivity contribution in [2.75, 3.05) is 0 Å². The summed E-state index contributed by atoms with van der Waals surface area (Å²) >= 11 is 0. The van der Waals surface area contributed by atoms with Crippen LogP contribution in [0.1, 0.15) is 16.7 Å². The zero-order valence-corrected chi connectivity index (χ0v) is 14.5. The minimum absolute atomic E-state index is 0. The Bertz CT molecular complexity index is 851. The molecule has 0 radical (unpaired) electrons. The van der Waals surface area contributed by atoms with Gasteiger partial charge in [0.2, 0.25) is 5.75 Å². The first-order valence-electron chi connectivity index (χ1n) is 7.87. The Labute approximate surface area is 156 Å². The van der Waals surface area contributed by atoms with Gasteiger partial charge in [0.25, 0.3) is 0 Å². The van der Waals surface area contributed by atoms with Crippen LogP contribution in [0.3, 0.4) is 0 Å². The quantitative estimate of drug-likeness (QED) is 0.692. The van der Waals surface area contributed by atoms with Crippen molar-refractivity contribution in [3.05, 3.63) is 95.3 Å². The molecule has 0 fully saturated rings. The summed E-state index contributed by atoms with van der Waals surface area (Å²) in [6, 6.07) is 22.2. The van der Waals surface area contributed by atoms with Crippen LogP contribution < -0.4 is 15.4 Å². The number of hydrogen-bond donors (Lipinski definition) is 1. The van der Waals surface area contributed by atoms with Gasteiger partial charge in [-0.05, 0) is 12.1 Å². The largest absolute Gasteiger partial charge is 0.440 e. The minimum Gasteiger partial charge on any atom is -0.440 e. The lowest BCUT2D eigenvalue weighted by atomic mass is 9.97. The van der Waals surface area contributed by atoms with Crippen molar-refractivity contribution >= 4 is 12.4 Å². The highest BCUT2D eigenvalue weighted by Gasteiger charge is 2.46. The Balaban J connectivity index is 0.00000196. The van der Waals surface area contributed by atoms with Gasteiger partial charge < -0.3 is 9.47 Å². The Hall–Kier alpha value is -2.60. The summed E-state index contributed by atoms with van der Waals surface area (Å²) in [5.41, 5.74) is 1.85. The normalized spacial score (nSPS) is 13.9. The Morgan fingerprint density at radius 2 is 1.42 bits per heavy atom. The number of halogens is 2. The molecule has 4 nitrogen and oxygen atoms in total. The van der Waals surface area contributed by atoms with E-state index in [2.05, 4.69) is 4.84 Å². The SMILES string of the molecule is Cl.NOCc1ccc2c(c1F)OC(c1ccccc1)(c1ccccc1)O2. The third kappa shape index (κ3) is 2.90. The first kappa shape index (κ1) is 18.2. The standard InChI is InChI=1S/C20H16FNO3.ClH/c21-18-14(13-23-22)11-12-17-19(18)25-20(24-17,15-7-3-1-4-8-15)16-9-5-2-6-10-16;/h1-12H,13,22H2;1H. The number of ether oxygens (including phenoxy) is 2. The number of hydrogen-bond acceptors (Lipinski definition) is 4. The van der Waals surface area contributed by atoms with Gasteiger partial charge in [-0.2, -0.15) is 0 Å². The molecular formula is C20H17ClFNO3. The molecule has 0 saturated carbocycles. The van der Waals surface area contributed by atoms with Crippen LogP contribution in [0.2, 0.25) is 0 Å². The van der Waals surface area contributed by atoms with Crippen LogP contribution in [0, 0.1) is 5.82 Å². The van der Waals surface area contributed by atoms with Crippen LogP contribution in [0.15, 0.2) is 72.8 Å². The van der Waals surface area contributed by atoms with Gasteiger partial charge in [0.1, 0.15) is 0 Å². The second-order valence-electron chi connectivity index (χ2n) is 5.73. The van der Waals surface area contributed by atoms with E-state index in [1.807, 2.05) is 60.7 Å². The van der Waals surface area contributed by atoms with Crippen LogP contribution in [0.25, 0.3) is 0 Å². The lowest BCUT2D eigenvalue weighted by molar-refractivity contribution is -0.0473. The zero-order chi connectivity index (χ0) is 17.3. The molecule has 0 atom stereocenters. The van der Waals surface area contributed by atoms with Crippen molar-refractivity contribution in [3.8, 4) is 11.5 Å². The van der Waals surface area contributed by atoms with Gasteiger partial charge >= 0.3 is 5.79 Å². The van der Waals surface area contributed by atoms with Crippen LogP contribution >= 0.6 is 12.4 Å². The molecule has 3 aromatic carbocycles. The van der Waals surface area contributed by atoms with Gasteiger partial charge in [-0.15, -0.1) is 12.4 Å². The predicted octanol–water partition coefficient (Wildman–Crippen LogP) is 4.31. The molecule has 0 aliphatic carbocycles. The molecule has 0 saturated heterocycles. The fourth-order valence-corrected chi connectivity index (χ4v) is 2.99. The maximum absolute atomic E-state index is 14.8. The molecule has 0 spiro atoms. The Kier molecular flexibility index (Phi) is 5.13. The van der Waals surface area contributed by atoms with E-state index in [0.717, 1.165) is 11.1 Å². The second kappa shape index (κ2) is 7.33. The Morgan fingerprint density at radius 1 is 0.846 bits per heavy atom. The first-order valence-corrected chi connectivity index (χ1v) is 7.87. The summed E-state index contributed by atoms with van der Waals surface area (Å²) in [5, 5.41) is 0. The molecule has 1 aliphatic heterocycles. The smallest absolute Gasteiger partial charge is 0.305 e. The van der Waals surface area contributed by atoms with Gasteiger partial charge in [0, 0.05) is 16.7 Å². The van der Waals surface area contributed by atoms with Crippen LogP contribution in [-0.2, 0) is 17.2 Å². The number of fused-ring (bicyclic) bond motifs is 1. The zero-order valence-electron chi connectivity index (χ0n) is 13.7. The minimum atomic E-state index is -1.24. The fourth-order valence-electron chi connectivity index (χ4n) is 2.99. The van der Waals surface area contributed by atoms with Gasteiger partial charge in [0.15, 0.2) is 11.6 Å². The molecule has 134 valence electrons. The van der Waals surface area contributed by atoms with E-state index >= 15 is 0 Å². The highest BCUT2D eigenvalue weighted by molar-refractivity contribution is 5.85. The van der Waals surface area contributed by atoms with E-state index in [-0.39, 0.29) is 24.8 Å². The van der Waals surface area contributed by atoms with Gasteiger partial charge in [-0.25, -0.2) is 10.3 Å². The predicted molar refractivity (Wildman–Crippen MR) is 97.5 cm³/mol. The summed E-state index contributed by atoms with van der Waals surface area (Å²) in [4.78, 5) is 4.55. The summed E-state index contributed by atoms with van der Waals surface area (Å²) in [7, 11) is 0. The Morgan fingerprint density at radius 3 is 1.96 bits per heavy atom. The molecule has 4 rings (SSSR count). The van der Waals surface area contributed by atoms with Crippen LogP contribution in [0.4, 0.5) is 4.39 Å². The van der Waals surface area contributed by atoms with E-state index < -0.39 is 11.6 Å². The van der Waals surface area contributed by atoms with Gasteiger partial charge in [0.05, 0.1) is 6.61 Å². The third-order valence-electron chi connectivity index (χ3n) is 4.19. The summed E-state index contributed by atoms with van der Waals surface area (Å²) < 4.78 is 27.0. The molecule has 1 heterocycles. The molecular weight excluding hydrogens is 357 g/mol. The summed E-state index contributed by atoms with van der Waals surface area (Å²) in [6.45, 7) is -0.0495. The second-order valence-corrected chi connectivity index (χ2v) is 5.73. The maximum atomic E-state index is 14.8. The maximum Gasteiger partial charge on any atom is 0.305 e. The van der Waals surface area contributed by atoms with Crippen molar-refractivity contribution in [3.63, 3.8) is 0 Å². The molecule has 1 aliphatic rings. The van der Waals surface area contributed by atoms with Crippen molar-refractivity contribution < 1.29 is 18.7 Å². The van der Waals surface area contributed by atoms with E-state index in [9.17, 15) is 4.39 Å². The molecule has 3 aromatic rings. The number of nitrogens with two attached hydrogens (primary N) is 1.